The molecule has 0 heterocycles. The van der Waals surface area contributed by atoms with Crippen molar-refractivity contribution in [2.45, 2.75) is 52.0 Å². The zero-order chi connectivity index (χ0) is 11.5. The van der Waals surface area contributed by atoms with Gasteiger partial charge in [-0.05, 0) is 32.1 Å². The summed E-state index contributed by atoms with van der Waals surface area (Å²) in [6.07, 6.45) is 3.74. The van der Waals surface area contributed by atoms with Gasteiger partial charge in [0.25, 0.3) is 0 Å². The summed E-state index contributed by atoms with van der Waals surface area (Å²) in [6.45, 7) is 7.96. The SMILES string of the molecule is CCN(CC(C)C)C(=O)CC1(N)CCC1. The summed E-state index contributed by atoms with van der Waals surface area (Å²) >= 11 is 0. The van der Waals surface area contributed by atoms with E-state index in [1.54, 1.807) is 0 Å². The predicted octanol–water partition coefficient (Wildman–Crippen LogP) is 1.76. The summed E-state index contributed by atoms with van der Waals surface area (Å²) in [5, 5.41) is 0. The number of amides is 1. The normalized spacial score (nSPS) is 18.7. The topological polar surface area (TPSA) is 46.3 Å². The van der Waals surface area contributed by atoms with Crippen molar-refractivity contribution in [3.63, 3.8) is 0 Å². The van der Waals surface area contributed by atoms with Crippen LogP contribution in [-0.2, 0) is 4.79 Å². The Morgan fingerprint density at radius 2 is 2.07 bits per heavy atom. The molecule has 88 valence electrons. The maximum absolute atomic E-state index is 12.0. The van der Waals surface area contributed by atoms with Crippen molar-refractivity contribution in [2.75, 3.05) is 13.1 Å². The Hall–Kier alpha value is -0.570. The highest BCUT2D eigenvalue weighted by atomic mass is 16.2. The molecular formula is C12H24N2O. The van der Waals surface area contributed by atoms with Crippen LogP contribution in [0, 0.1) is 5.92 Å². The van der Waals surface area contributed by atoms with E-state index in [1.807, 2.05) is 11.8 Å². The molecule has 1 aliphatic carbocycles. The Balaban J connectivity index is 2.42. The number of nitrogens with two attached hydrogens (primary N) is 1. The molecule has 0 unspecified atom stereocenters. The molecule has 0 aliphatic heterocycles. The van der Waals surface area contributed by atoms with Crippen molar-refractivity contribution in [1.82, 2.24) is 4.90 Å². The number of hydrogen-bond donors (Lipinski definition) is 1. The van der Waals surface area contributed by atoms with Crippen molar-refractivity contribution in [2.24, 2.45) is 11.7 Å². The van der Waals surface area contributed by atoms with E-state index in [1.165, 1.54) is 6.42 Å². The highest BCUT2D eigenvalue weighted by Gasteiger charge is 2.35. The smallest absolute Gasteiger partial charge is 0.224 e. The van der Waals surface area contributed by atoms with Crippen LogP contribution in [0.1, 0.15) is 46.5 Å². The molecule has 1 aliphatic rings. The third-order valence-electron chi connectivity index (χ3n) is 3.17. The average molecular weight is 212 g/mol. The Morgan fingerprint density at radius 3 is 2.40 bits per heavy atom. The summed E-state index contributed by atoms with van der Waals surface area (Å²) in [5.74, 6) is 0.761. The van der Waals surface area contributed by atoms with E-state index in [2.05, 4.69) is 13.8 Å². The number of hydrogen-bond acceptors (Lipinski definition) is 2. The van der Waals surface area contributed by atoms with Gasteiger partial charge >= 0.3 is 0 Å². The highest BCUT2D eigenvalue weighted by Crippen LogP contribution is 2.32. The molecule has 0 aromatic heterocycles. The van der Waals surface area contributed by atoms with Gasteiger partial charge in [-0.25, -0.2) is 0 Å². The minimum absolute atomic E-state index is 0.179. The fourth-order valence-corrected chi connectivity index (χ4v) is 2.07. The molecule has 1 saturated carbocycles. The first-order valence-corrected chi connectivity index (χ1v) is 6.03. The minimum atomic E-state index is -0.179. The average Bonchev–Trinajstić information content (AvgIpc) is 2.11. The van der Waals surface area contributed by atoms with Gasteiger partial charge < -0.3 is 10.6 Å². The van der Waals surface area contributed by atoms with Crippen LogP contribution in [0.4, 0.5) is 0 Å². The first-order valence-electron chi connectivity index (χ1n) is 6.03. The summed E-state index contributed by atoms with van der Waals surface area (Å²) in [4.78, 5) is 13.9. The van der Waals surface area contributed by atoms with Gasteiger partial charge in [-0.1, -0.05) is 13.8 Å². The molecule has 2 N–H and O–H groups in total. The maximum Gasteiger partial charge on any atom is 0.224 e. The number of rotatable bonds is 5. The lowest BCUT2D eigenvalue weighted by atomic mass is 9.75. The first kappa shape index (κ1) is 12.5. The second kappa shape index (κ2) is 4.97. The van der Waals surface area contributed by atoms with E-state index >= 15 is 0 Å². The van der Waals surface area contributed by atoms with Gasteiger partial charge in [-0.3, -0.25) is 4.79 Å². The molecule has 0 aromatic rings. The van der Waals surface area contributed by atoms with Crippen LogP contribution in [0.5, 0.6) is 0 Å². The molecule has 3 nitrogen and oxygen atoms in total. The maximum atomic E-state index is 12.0. The lowest BCUT2D eigenvalue weighted by molar-refractivity contribution is -0.133. The molecule has 3 heteroatoms. The molecule has 1 rings (SSSR count). The Kier molecular flexibility index (Phi) is 4.14. The zero-order valence-corrected chi connectivity index (χ0v) is 10.3. The molecular weight excluding hydrogens is 188 g/mol. The van der Waals surface area contributed by atoms with Crippen LogP contribution >= 0.6 is 0 Å². The van der Waals surface area contributed by atoms with Crippen LogP contribution in [0.15, 0.2) is 0 Å². The molecule has 15 heavy (non-hydrogen) atoms. The monoisotopic (exact) mass is 212 g/mol. The molecule has 0 aromatic carbocycles. The molecule has 0 saturated heterocycles. The number of nitrogens with zero attached hydrogens (tertiary/aromatic N) is 1. The lowest BCUT2D eigenvalue weighted by Crippen LogP contribution is -2.51. The van der Waals surface area contributed by atoms with Gasteiger partial charge in [0.05, 0.1) is 0 Å². The minimum Gasteiger partial charge on any atom is -0.343 e. The van der Waals surface area contributed by atoms with Crippen LogP contribution in [0.3, 0.4) is 0 Å². The van der Waals surface area contributed by atoms with Crippen molar-refractivity contribution < 1.29 is 4.79 Å². The summed E-state index contributed by atoms with van der Waals surface area (Å²) in [5.41, 5.74) is 5.90. The standard InChI is InChI=1S/C12H24N2O/c1-4-14(9-10(2)3)11(15)8-12(13)6-5-7-12/h10H,4-9,13H2,1-3H3. The lowest BCUT2D eigenvalue weighted by Gasteiger charge is -2.39. The number of carbonyl (C=O) groups excluding carboxylic acids is 1. The largest absolute Gasteiger partial charge is 0.343 e. The summed E-state index contributed by atoms with van der Waals surface area (Å²) in [7, 11) is 0. The van der Waals surface area contributed by atoms with Gasteiger partial charge in [0.2, 0.25) is 5.91 Å². The van der Waals surface area contributed by atoms with E-state index in [0.717, 1.165) is 25.9 Å². The van der Waals surface area contributed by atoms with E-state index in [-0.39, 0.29) is 11.4 Å². The van der Waals surface area contributed by atoms with Gasteiger partial charge in [0.1, 0.15) is 0 Å². The molecule has 1 fully saturated rings. The van der Waals surface area contributed by atoms with Crippen LogP contribution < -0.4 is 5.73 Å². The fourth-order valence-electron chi connectivity index (χ4n) is 2.07. The van der Waals surface area contributed by atoms with Gasteiger partial charge in [0.15, 0.2) is 0 Å². The predicted molar refractivity (Wildman–Crippen MR) is 62.5 cm³/mol. The van der Waals surface area contributed by atoms with Gasteiger partial charge in [-0.2, -0.15) is 0 Å². The third-order valence-corrected chi connectivity index (χ3v) is 3.17. The van der Waals surface area contributed by atoms with Crippen LogP contribution in [0.2, 0.25) is 0 Å². The van der Waals surface area contributed by atoms with E-state index in [4.69, 9.17) is 5.73 Å². The Morgan fingerprint density at radius 1 is 1.47 bits per heavy atom. The van der Waals surface area contributed by atoms with Crippen molar-refractivity contribution in [3.8, 4) is 0 Å². The van der Waals surface area contributed by atoms with E-state index in [9.17, 15) is 4.79 Å². The first-order chi connectivity index (χ1) is 6.97. The van der Waals surface area contributed by atoms with Crippen LogP contribution in [0.25, 0.3) is 0 Å². The molecule has 0 bridgehead atoms. The summed E-state index contributed by atoms with van der Waals surface area (Å²) in [6, 6.07) is 0. The molecule has 0 spiro atoms. The second-order valence-electron chi connectivity index (χ2n) is 5.22. The van der Waals surface area contributed by atoms with Gasteiger partial charge in [-0.15, -0.1) is 0 Å². The van der Waals surface area contributed by atoms with E-state index < -0.39 is 0 Å². The second-order valence-corrected chi connectivity index (χ2v) is 5.22. The van der Waals surface area contributed by atoms with Crippen LogP contribution in [-0.4, -0.2) is 29.4 Å². The molecule has 1 amide bonds. The zero-order valence-electron chi connectivity index (χ0n) is 10.3. The van der Waals surface area contributed by atoms with Crippen molar-refractivity contribution in [1.29, 1.82) is 0 Å². The van der Waals surface area contributed by atoms with E-state index in [0.29, 0.717) is 12.3 Å². The quantitative estimate of drug-likeness (QED) is 0.755. The Bertz CT molecular complexity index is 222. The highest BCUT2D eigenvalue weighted by molar-refractivity contribution is 5.77. The number of carbonyl (C=O) groups is 1. The molecule has 0 atom stereocenters. The Labute approximate surface area is 93.0 Å². The van der Waals surface area contributed by atoms with Crippen molar-refractivity contribution >= 4 is 5.91 Å². The van der Waals surface area contributed by atoms with Crippen molar-refractivity contribution in [3.05, 3.63) is 0 Å². The third kappa shape index (κ3) is 3.49. The van der Waals surface area contributed by atoms with Gasteiger partial charge in [0, 0.05) is 25.0 Å². The fraction of sp³-hybridized carbons (Fsp3) is 0.917. The molecule has 0 radical (unpaired) electrons. The summed E-state index contributed by atoms with van der Waals surface area (Å²) < 4.78 is 0.